The van der Waals surface area contributed by atoms with Gasteiger partial charge in [-0.05, 0) is 24.6 Å². The van der Waals surface area contributed by atoms with E-state index in [1.165, 1.54) is 6.20 Å². The smallest absolute Gasteiger partial charge is 0.158 e. The summed E-state index contributed by atoms with van der Waals surface area (Å²) in [6.07, 6.45) is 2.99. The Morgan fingerprint density at radius 1 is 1.22 bits per heavy atom. The number of rotatable bonds is 3. The summed E-state index contributed by atoms with van der Waals surface area (Å²) in [6, 6.07) is 9.66. The first-order chi connectivity index (χ1) is 8.69. The van der Waals surface area contributed by atoms with Crippen molar-refractivity contribution in [1.29, 1.82) is 5.26 Å². The Bertz CT molecular complexity index is 553. The van der Waals surface area contributed by atoms with Gasteiger partial charge < -0.3 is 11.1 Å². The quantitative estimate of drug-likeness (QED) is 0.801. The average molecular weight is 239 g/mol. The summed E-state index contributed by atoms with van der Waals surface area (Å²) in [4.78, 5) is 8.06. The second-order valence-corrected chi connectivity index (χ2v) is 3.93. The molecule has 0 amide bonds. The van der Waals surface area contributed by atoms with Gasteiger partial charge in [-0.15, -0.1) is 0 Å². The van der Waals surface area contributed by atoms with Crippen LogP contribution in [0.2, 0.25) is 0 Å². The number of nitrogens with zero attached hydrogens (tertiary/aromatic N) is 3. The third kappa shape index (κ3) is 2.74. The van der Waals surface area contributed by atoms with Gasteiger partial charge in [-0.3, -0.25) is 0 Å². The van der Waals surface area contributed by atoms with Gasteiger partial charge in [0.05, 0.1) is 12.4 Å². The number of nitrogens with two attached hydrogens (primary N) is 1. The standard InChI is InChI=1S/C13H13N5/c1-9(10-2-4-11(15)5-3-10)18-13-8-16-12(6-14)7-17-13/h2-5,7-9H,15H2,1H3,(H,17,18). The Morgan fingerprint density at radius 3 is 2.50 bits per heavy atom. The molecule has 90 valence electrons. The molecule has 1 aromatic carbocycles. The Balaban J connectivity index is 2.08. The van der Waals surface area contributed by atoms with E-state index in [-0.39, 0.29) is 6.04 Å². The van der Waals surface area contributed by atoms with Crippen molar-refractivity contribution >= 4 is 11.5 Å². The van der Waals surface area contributed by atoms with Gasteiger partial charge in [-0.2, -0.15) is 5.26 Å². The van der Waals surface area contributed by atoms with Crippen molar-refractivity contribution in [2.24, 2.45) is 0 Å². The van der Waals surface area contributed by atoms with E-state index < -0.39 is 0 Å². The summed E-state index contributed by atoms with van der Waals surface area (Å²) < 4.78 is 0. The highest BCUT2D eigenvalue weighted by molar-refractivity contribution is 5.42. The molecule has 1 unspecified atom stereocenters. The minimum absolute atomic E-state index is 0.0906. The molecule has 0 saturated carbocycles. The number of nitrogens with one attached hydrogen (secondary N) is 1. The van der Waals surface area contributed by atoms with Crippen molar-refractivity contribution in [2.45, 2.75) is 13.0 Å². The second-order valence-electron chi connectivity index (χ2n) is 3.93. The van der Waals surface area contributed by atoms with Crippen LogP contribution in [0.1, 0.15) is 24.2 Å². The zero-order chi connectivity index (χ0) is 13.0. The largest absolute Gasteiger partial charge is 0.399 e. The van der Waals surface area contributed by atoms with E-state index in [9.17, 15) is 0 Å². The molecule has 1 heterocycles. The number of aromatic nitrogens is 2. The van der Waals surface area contributed by atoms with Crippen molar-refractivity contribution in [3.05, 3.63) is 47.9 Å². The highest BCUT2D eigenvalue weighted by Crippen LogP contribution is 2.18. The van der Waals surface area contributed by atoms with Crippen molar-refractivity contribution in [3.8, 4) is 6.07 Å². The first-order valence-corrected chi connectivity index (χ1v) is 5.53. The predicted octanol–water partition coefficient (Wildman–Crippen LogP) is 2.10. The van der Waals surface area contributed by atoms with Crippen molar-refractivity contribution < 1.29 is 0 Å². The molecule has 3 N–H and O–H groups in total. The van der Waals surface area contributed by atoms with Gasteiger partial charge in [0.15, 0.2) is 5.69 Å². The van der Waals surface area contributed by atoms with Gasteiger partial charge >= 0.3 is 0 Å². The SMILES string of the molecule is CC(Nc1cnc(C#N)cn1)c1ccc(N)cc1. The summed E-state index contributed by atoms with van der Waals surface area (Å²) >= 11 is 0. The minimum atomic E-state index is 0.0906. The maximum Gasteiger partial charge on any atom is 0.158 e. The van der Waals surface area contributed by atoms with Crippen LogP contribution >= 0.6 is 0 Å². The molecule has 0 aliphatic carbocycles. The highest BCUT2D eigenvalue weighted by Gasteiger charge is 2.06. The summed E-state index contributed by atoms with van der Waals surface area (Å²) in [5.41, 5.74) is 7.79. The normalized spacial score (nSPS) is 11.6. The Kier molecular flexibility index (Phi) is 3.39. The second kappa shape index (κ2) is 5.15. The number of benzene rings is 1. The van der Waals surface area contributed by atoms with Crippen LogP contribution in [0.15, 0.2) is 36.7 Å². The van der Waals surface area contributed by atoms with Crippen LogP contribution in [0.3, 0.4) is 0 Å². The van der Waals surface area contributed by atoms with Crippen LogP contribution in [0.25, 0.3) is 0 Å². The summed E-state index contributed by atoms with van der Waals surface area (Å²) in [7, 11) is 0. The van der Waals surface area contributed by atoms with Crippen LogP contribution in [-0.4, -0.2) is 9.97 Å². The van der Waals surface area contributed by atoms with E-state index in [0.717, 1.165) is 11.3 Å². The molecular formula is C13H13N5. The van der Waals surface area contributed by atoms with Gasteiger partial charge in [-0.25, -0.2) is 9.97 Å². The third-order valence-electron chi connectivity index (χ3n) is 2.57. The lowest BCUT2D eigenvalue weighted by Gasteiger charge is -2.14. The van der Waals surface area contributed by atoms with Crippen molar-refractivity contribution in [1.82, 2.24) is 9.97 Å². The lowest BCUT2D eigenvalue weighted by Crippen LogP contribution is -2.08. The molecule has 5 heteroatoms. The molecule has 2 aromatic rings. The van der Waals surface area contributed by atoms with E-state index in [1.807, 2.05) is 37.3 Å². The molecule has 0 saturated heterocycles. The zero-order valence-electron chi connectivity index (χ0n) is 9.96. The van der Waals surface area contributed by atoms with E-state index in [0.29, 0.717) is 11.5 Å². The van der Waals surface area contributed by atoms with Crippen LogP contribution in [0.4, 0.5) is 11.5 Å². The number of anilines is 2. The van der Waals surface area contributed by atoms with E-state index in [4.69, 9.17) is 11.0 Å². The molecule has 0 bridgehead atoms. The van der Waals surface area contributed by atoms with Gasteiger partial charge in [-0.1, -0.05) is 12.1 Å². The molecule has 0 aliphatic rings. The number of nitrogen functional groups attached to an aromatic ring is 1. The third-order valence-corrected chi connectivity index (χ3v) is 2.57. The van der Waals surface area contributed by atoms with Gasteiger partial charge in [0.25, 0.3) is 0 Å². The minimum Gasteiger partial charge on any atom is -0.399 e. The fraction of sp³-hybridized carbons (Fsp3) is 0.154. The van der Waals surface area contributed by atoms with Gasteiger partial charge in [0.2, 0.25) is 0 Å². The highest BCUT2D eigenvalue weighted by atomic mass is 15.0. The maximum absolute atomic E-state index is 8.63. The topological polar surface area (TPSA) is 87.6 Å². The molecule has 1 aromatic heterocycles. The van der Waals surface area contributed by atoms with Crippen LogP contribution in [0.5, 0.6) is 0 Å². The number of hydrogen-bond donors (Lipinski definition) is 2. The maximum atomic E-state index is 8.63. The van der Waals surface area contributed by atoms with E-state index in [2.05, 4.69) is 15.3 Å². The average Bonchev–Trinajstić information content (AvgIpc) is 2.40. The first kappa shape index (κ1) is 11.9. The number of hydrogen-bond acceptors (Lipinski definition) is 5. The van der Waals surface area contributed by atoms with Crippen LogP contribution in [0, 0.1) is 11.3 Å². The number of nitriles is 1. The van der Waals surface area contributed by atoms with E-state index >= 15 is 0 Å². The molecule has 5 nitrogen and oxygen atoms in total. The molecule has 0 fully saturated rings. The Hall–Kier alpha value is -2.61. The first-order valence-electron chi connectivity index (χ1n) is 5.53. The lowest BCUT2D eigenvalue weighted by atomic mass is 10.1. The zero-order valence-corrected chi connectivity index (χ0v) is 9.96. The fourth-order valence-corrected chi connectivity index (χ4v) is 1.55. The Morgan fingerprint density at radius 2 is 1.94 bits per heavy atom. The monoisotopic (exact) mass is 239 g/mol. The van der Waals surface area contributed by atoms with Gasteiger partial charge in [0.1, 0.15) is 11.9 Å². The molecule has 1 atom stereocenters. The van der Waals surface area contributed by atoms with Crippen molar-refractivity contribution in [2.75, 3.05) is 11.1 Å². The molecule has 2 rings (SSSR count). The molecule has 0 spiro atoms. The van der Waals surface area contributed by atoms with E-state index in [1.54, 1.807) is 6.20 Å². The molecule has 0 radical (unpaired) electrons. The van der Waals surface area contributed by atoms with Gasteiger partial charge in [0, 0.05) is 11.7 Å². The Labute approximate surface area is 105 Å². The lowest BCUT2D eigenvalue weighted by molar-refractivity contribution is 0.871. The summed E-state index contributed by atoms with van der Waals surface area (Å²) in [5, 5.41) is 11.8. The molecule has 0 aliphatic heterocycles. The van der Waals surface area contributed by atoms with Crippen molar-refractivity contribution in [3.63, 3.8) is 0 Å². The van der Waals surface area contributed by atoms with Crippen LogP contribution < -0.4 is 11.1 Å². The summed E-state index contributed by atoms with van der Waals surface area (Å²) in [6.45, 7) is 2.02. The predicted molar refractivity (Wildman–Crippen MR) is 69.6 cm³/mol. The molecule has 18 heavy (non-hydrogen) atoms. The fourth-order valence-electron chi connectivity index (χ4n) is 1.55. The van der Waals surface area contributed by atoms with Crippen LogP contribution in [-0.2, 0) is 0 Å². The molecular weight excluding hydrogens is 226 g/mol. The summed E-state index contributed by atoms with van der Waals surface area (Å²) in [5.74, 6) is 0.637.